The summed E-state index contributed by atoms with van der Waals surface area (Å²) in [6, 6.07) is 9.68. The number of piperazine rings is 1. The highest BCUT2D eigenvalue weighted by Crippen LogP contribution is 2.20. The van der Waals surface area contributed by atoms with Crippen molar-refractivity contribution in [3.63, 3.8) is 0 Å². The lowest BCUT2D eigenvalue weighted by Crippen LogP contribution is -2.52. The molecule has 3 heterocycles. The van der Waals surface area contributed by atoms with Gasteiger partial charge in [-0.1, -0.05) is 0 Å². The van der Waals surface area contributed by atoms with Crippen LogP contribution in [0.3, 0.4) is 0 Å². The number of carbonyl (C=O) groups is 1. The van der Waals surface area contributed by atoms with E-state index in [0.717, 1.165) is 12.1 Å². The van der Waals surface area contributed by atoms with Crippen molar-refractivity contribution in [1.29, 1.82) is 0 Å². The second kappa shape index (κ2) is 9.86. The minimum absolute atomic E-state index is 0.0590. The summed E-state index contributed by atoms with van der Waals surface area (Å²) in [7, 11) is -3.99. The third-order valence-electron chi connectivity index (χ3n) is 5.40. The molecule has 0 saturated carbocycles. The SMILES string of the molecule is O=C(CN(Cc1ccco1)Cc1ccco1)N1CCN(S(=O)(=O)c2ccc(F)c(F)c2)CC1. The Balaban J connectivity index is 1.37. The number of benzene rings is 1. The normalized spacial score (nSPS) is 15.3. The molecule has 1 aromatic carbocycles. The zero-order valence-electron chi connectivity index (χ0n) is 17.7. The summed E-state index contributed by atoms with van der Waals surface area (Å²) in [6.07, 6.45) is 3.13. The van der Waals surface area contributed by atoms with Crippen molar-refractivity contribution in [1.82, 2.24) is 14.1 Å². The fourth-order valence-corrected chi connectivity index (χ4v) is 5.10. The van der Waals surface area contributed by atoms with Gasteiger partial charge in [0.05, 0.1) is 37.1 Å². The molecule has 0 N–H and O–H groups in total. The molecule has 0 spiro atoms. The summed E-state index contributed by atoms with van der Waals surface area (Å²) in [5.74, 6) is -1.08. The Morgan fingerprint density at radius 3 is 2.03 bits per heavy atom. The molecule has 0 bridgehead atoms. The van der Waals surface area contributed by atoms with Gasteiger partial charge in [-0.05, 0) is 42.5 Å². The van der Waals surface area contributed by atoms with Crippen molar-refractivity contribution in [2.24, 2.45) is 0 Å². The van der Waals surface area contributed by atoms with Gasteiger partial charge in [-0.3, -0.25) is 9.69 Å². The van der Waals surface area contributed by atoms with E-state index in [9.17, 15) is 22.0 Å². The molecule has 3 aromatic rings. The summed E-state index contributed by atoms with van der Waals surface area (Å²) in [4.78, 5) is 16.1. The molecule has 176 valence electrons. The minimum atomic E-state index is -3.99. The molecule has 11 heteroatoms. The van der Waals surface area contributed by atoms with E-state index >= 15 is 0 Å². The molecule has 0 aliphatic carbocycles. The summed E-state index contributed by atoms with van der Waals surface area (Å²) in [6.45, 7) is 1.41. The Labute approximate surface area is 190 Å². The number of rotatable bonds is 8. The number of amides is 1. The fraction of sp³-hybridized carbons (Fsp3) is 0.318. The summed E-state index contributed by atoms with van der Waals surface area (Å²) in [5.41, 5.74) is 0. The molecule has 1 amide bonds. The number of hydrogen-bond donors (Lipinski definition) is 0. The van der Waals surface area contributed by atoms with Crippen LogP contribution in [-0.4, -0.2) is 61.2 Å². The molecule has 0 atom stereocenters. The Kier molecular flexibility index (Phi) is 6.91. The molecule has 33 heavy (non-hydrogen) atoms. The molecular formula is C22H23F2N3O5S. The van der Waals surface area contributed by atoms with E-state index < -0.39 is 21.7 Å². The summed E-state index contributed by atoms with van der Waals surface area (Å²) >= 11 is 0. The van der Waals surface area contributed by atoms with Gasteiger partial charge in [-0.15, -0.1) is 0 Å². The van der Waals surface area contributed by atoms with E-state index in [4.69, 9.17) is 8.83 Å². The first-order chi connectivity index (χ1) is 15.8. The van der Waals surface area contributed by atoms with Gasteiger partial charge in [0.1, 0.15) is 11.5 Å². The highest BCUT2D eigenvalue weighted by atomic mass is 32.2. The Morgan fingerprint density at radius 1 is 0.909 bits per heavy atom. The van der Waals surface area contributed by atoms with Crippen LogP contribution in [0.5, 0.6) is 0 Å². The molecule has 8 nitrogen and oxygen atoms in total. The lowest BCUT2D eigenvalue weighted by molar-refractivity contribution is -0.134. The van der Waals surface area contributed by atoms with Crippen molar-refractivity contribution in [2.45, 2.75) is 18.0 Å². The Bertz CT molecular complexity index is 1140. The first kappa shape index (κ1) is 23.1. The van der Waals surface area contributed by atoms with Crippen molar-refractivity contribution in [3.05, 3.63) is 78.1 Å². The molecule has 1 aliphatic heterocycles. The number of nitrogens with zero attached hydrogens (tertiary/aromatic N) is 3. The third kappa shape index (κ3) is 5.49. The van der Waals surface area contributed by atoms with E-state index in [2.05, 4.69) is 0 Å². The average Bonchev–Trinajstić information content (AvgIpc) is 3.50. The zero-order valence-corrected chi connectivity index (χ0v) is 18.5. The van der Waals surface area contributed by atoms with E-state index in [-0.39, 0.29) is 43.5 Å². The number of carbonyl (C=O) groups excluding carboxylic acids is 1. The van der Waals surface area contributed by atoms with Crippen LogP contribution in [0.4, 0.5) is 8.78 Å². The van der Waals surface area contributed by atoms with Gasteiger partial charge >= 0.3 is 0 Å². The van der Waals surface area contributed by atoms with Gasteiger partial charge in [0.25, 0.3) is 0 Å². The van der Waals surface area contributed by atoms with Crippen molar-refractivity contribution < 1.29 is 30.8 Å². The molecular weight excluding hydrogens is 456 g/mol. The van der Waals surface area contributed by atoms with Crippen LogP contribution in [0.1, 0.15) is 11.5 Å². The van der Waals surface area contributed by atoms with Gasteiger partial charge in [0, 0.05) is 26.2 Å². The van der Waals surface area contributed by atoms with Gasteiger partial charge in [0.2, 0.25) is 15.9 Å². The monoisotopic (exact) mass is 479 g/mol. The fourth-order valence-electron chi connectivity index (χ4n) is 3.67. The maximum Gasteiger partial charge on any atom is 0.243 e. The predicted octanol–water partition coefficient (Wildman–Crippen LogP) is 2.69. The van der Waals surface area contributed by atoms with Crippen molar-refractivity contribution in [2.75, 3.05) is 32.7 Å². The molecule has 0 unspecified atom stereocenters. The number of sulfonamides is 1. The summed E-state index contributed by atoms with van der Waals surface area (Å²) < 4.78 is 64.2. The second-order valence-electron chi connectivity index (χ2n) is 7.66. The van der Waals surface area contributed by atoms with Crippen LogP contribution in [0.25, 0.3) is 0 Å². The molecule has 1 fully saturated rings. The largest absolute Gasteiger partial charge is 0.468 e. The van der Waals surface area contributed by atoms with Crippen LogP contribution in [0.2, 0.25) is 0 Å². The average molecular weight is 480 g/mol. The van der Waals surface area contributed by atoms with Crippen molar-refractivity contribution in [3.8, 4) is 0 Å². The van der Waals surface area contributed by atoms with Crippen LogP contribution in [0, 0.1) is 11.6 Å². The highest BCUT2D eigenvalue weighted by Gasteiger charge is 2.31. The Hall–Kier alpha value is -3.02. The zero-order chi connectivity index (χ0) is 23.4. The number of halogens is 2. The summed E-state index contributed by atoms with van der Waals surface area (Å²) in [5, 5.41) is 0. The van der Waals surface area contributed by atoms with Crippen LogP contribution >= 0.6 is 0 Å². The molecule has 1 aliphatic rings. The van der Waals surface area contributed by atoms with E-state index in [0.29, 0.717) is 30.7 Å². The highest BCUT2D eigenvalue weighted by molar-refractivity contribution is 7.89. The molecule has 0 radical (unpaired) electrons. The Morgan fingerprint density at radius 2 is 1.52 bits per heavy atom. The first-order valence-electron chi connectivity index (χ1n) is 10.3. The number of furan rings is 2. The standard InChI is InChI=1S/C22H23F2N3O5S/c23-20-6-5-19(13-21(20)24)33(29,30)27-9-7-26(8-10-27)22(28)16-25(14-17-3-1-11-31-17)15-18-4-2-12-32-18/h1-6,11-13H,7-10,14-16H2. The van der Waals surface area contributed by atoms with E-state index in [1.165, 1.54) is 4.31 Å². The van der Waals surface area contributed by atoms with Gasteiger partial charge in [-0.2, -0.15) is 4.31 Å². The van der Waals surface area contributed by atoms with Crippen LogP contribution in [0.15, 0.2) is 68.7 Å². The second-order valence-corrected chi connectivity index (χ2v) is 9.60. The van der Waals surface area contributed by atoms with Gasteiger partial charge < -0.3 is 13.7 Å². The predicted molar refractivity (Wildman–Crippen MR) is 113 cm³/mol. The topological polar surface area (TPSA) is 87.2 Å². The molecule has 4 rings (SSSR count). The lowest BCUT2D eigenvalue weighted by Gasteiger charge is -2.35. The van der Waals surface area contributed by atoms with Gasteiger partial charge in [-0.25, -0.2) is 17.2 Å². The first-order valence-corrected chi connectivity index (χ1v) is 11.8. The van der Waals surface area contributed by atoms with E-state index in [1.807, 2.05) is 17.0 Å². The van der Waals surface area contributed by atoms with E-state index in [1.54, 1.807) is 29.6 Å². The third-order valence-corrected chi connectivity index (χ3v) is 7.29. The smallest absolute Gasteiger partial charge is 0.243 e. The minimum Gasteiger partial charge on any atom is -0.468 e. The number of hydrogen-bond acceptors (Lipinski definition) is 6. The van der Waals surface area contributed by atoms with Gasteiger partial charge in [0.15, 0.2) is 11.6 Å². The quantitative estimate of drug-likeness (QED) is 0.494. The molecule has 1 saturated heterocycles. The maximum atomic E-state index is 13.5. The van der Waals surface area contributed by atoms with Crippen molar-refractivity contribution >= 4 is 15.9 Å². The van der Waals surface area contributed by atoms with Crippen LogP contribution in [-0.2, 0) is 27.9 Å². The lowest BCUT2D eigenvalue weighted by atomic mass is 10.3. The molecule has 2 aromatic heterocycles. The maximum absolute atomic E-state index is 13.5. The van der Waals surface area contributed by atoms with Crippen LogP contribution < -0.4 is 0 Å².